The highest BCUT2D eigenvalue weighted by Crippen LogP contribution is 2.18. The highest BCUT2D eigenvalue weighted by molar-refractivity contribution is 5.81. The minimum atomic E-state index is -0.799. The summed E-state index contributed by atoms with van der Waals surface area (Å²) in [5.74, 6) is -0.907. The van der Waals surface area contributed by atoms with Gasteiger partial charge >= 0.3 is 5.97 Å². The van der Waals surface area contributed by atoms with E-state index in [1.807, 2.05) is 19.9 Å². The lowest BCUT2D eigenvalue weighted by atomic mass is 9.95. The molecule has 0 fully saturated rings. The largest absolute Gasteiger partial charge is 0.481 e. The molecular formula is C11H19N3O2. The van der Waals surface area contributed by atoms with Crippen LogP contribution in [0.1, 0.15) is 26.7 Å². The standard InChI is InChI=1S/C11H19N3O2/c1-7(2)4-3-5-8(10(15)16)9-6-13-11(12)14-9/h4,8-9H,3,5-6H2,1-2H3,(H,15,16)(H3,12,13,14)/t8-,9+/m1/s1. The van der Waals surface area contributed by atoms with Crippen LogP contribution in [0.2, 0.25) is 0 Å². The molecule has 5 heteroatoms. The lowest BCUT2D eigenvalue weighted by Crippen LogP contribution is -2.32. The lowest BCUT2D eigenvalue weighted by molar-refractivity contribution is -0.142. The Bertz CT molecular complexity index is 319. The van der Waals surface area contributed by atoms with Crippen LogP contribution in [-0.4, -0.2) is 29.6 Å². The van der Waals surface area contributed by atoms with Gasteiger partial charge in [0.2, 0.25) is 0 Å². The Balaban J connectivity index is 2.55. The van der Waals surface area contributed by atoms with E-state index >= 15 is 0 Å². The number of guanidine groups is 1. The van der Waals surface area contributed by atoms with Crippen LogP contribution in [-0.2, 0) is 4.79 Å². The predicted octanol–water partition coefficient (Wildman–Crippen LogP) is 0.720. The van der Waals surface area contributed by atoms with Crippen molar-refractivity contribution in [1.29, 1.82) is 0 Å². The molecule has 90 valence electrons. The number of rotatable bonds is 5. The zero-order valence-electron chi connectivity index (χ0n) is 9.73. The first kappa shape index (κ1) is 12.5. The molecule has 1 aliphatic heterocycles. The molecule has 1 rings (SSSR count). The Labute approximate surface area is 95.4 Å². The lowest BCUT2D eigenvalue weighted by Gasteiger charge is -2.15. The monoisotopic (exact) mass is 225 g/mol. The second kappa shape index (κ2) is 5.53. The van der Waals surface area contributed by atoms with Crippen LogP contribution in [0.4, 0.5) is 0 Å². The summed E-state index contributed by atoms with van der Waals surface area (Å²) in [6.45, 7) is 4.53. The van der Waals surface area contributed by atoms with Crippen LogP contribution >= 0.6 is 0 Å². The summed E-state index contributed by atoms with van der Waals surface area (Å²) in [7, 11) is 0. The first-order valence-corrected chi connectivity index (χ1v) is 5.44. The summed E-state index contributed by atoms with van der Waals surface area (Å²) in [5, 5.41) is 12.0. The molecule has 0 aliphatic carbocycles. The van der Waals surface area contributed by atoms with Crippen molar-refractivity contribution < 1.29 is 9.90 Å². The number of allylic oxidation sites excluding steroid dienone is 2. The highest BCUT2D eigenvalue weighted by Gasteiger charge is 2.30. The van der Waals surface area contributed by atoms with E-state index in [9.17, 15) is 4.79 Å². The van der Waals surface area contributed by atoms with Gasteiger partial charge in [0.1, 0.15) is 0 Å². The molecule has 0 aromatic carbocycles. The smallest absolute Gasteiger partial charge is 0.308 e. The van der Waals surface area contributed by atoms with Crippen LogP contribution < -0.4 is 11.1 Å². The van der Waals surface area contributed by atoms with Gasteiger partial charge in [0.25, 0.3) is 0 Å². The van der Waals surface area contributed by atoms with E-state index in [-0.39, 0.29) is 6.04 Å². The van der Waals surface area contributed by atoms with E-state index in [1.165, 1.54) is 5.57 Å². The SMILES string of the molecule is CC(C)=CCC[C@@H](C(=O)O)[C@@H]1CNC(N)=N1. The molecule has 0 bridgehead atoms. The number of nitrogens with two attached hydrogens (primary N) is 1. The third-order valence-electron chi connectivity index (χ3n) is 2.61. The van der Waals surface area contributed by atoms with Crippen LogP contribution in [0.15, 0.2) is 16.6 Å². The molecule has 0 saturated carbocycles. The van der Waals surface area contributed by atoms with E-state index in [0.29, 0.717) is 18.9 Å². The van der Waals surface area contributed by atoms with Gasteiger partial charge in [0.05, 0.1) is 12.0 Å². The zero-order valence-corrected chi connectivity index (χ0v) is 9.73. The summed E-state index contributed by atoms with van der Waals surface area (Å²) in [6, 6.07) is -0.233. The molecule has 0 amide bonds. The van der Waals surface area contributed by atoms with Gasteiger partial charge in [-0.25, -0.2) is 4.99 Å². The summed E-state index contributed by atoms with van der Waals surface area (Å²) < 4.78 is 0. The van der Waals surface area contributed by atoms with Gasteiger partial charge in [0.15, 0.2) is 5.96 Å². The second-order valence-electron chi connectivity index (χ2n) is 4.27. The van der Waals surface area contributed by atoms with Gasteiger partial charge in [0, 0.05) is 6.54 Å². The first-order chi connectivity index (χ1) is 7.50. The fraction of sp³-hybridized carbons (Fsp3) is 0.636. The van der Waals surface area contributed by atoms with Gasteiger partial charge in [-0.2, -0.15) is 0 Å². The summed E-state index contributed by atoms with van der Waals surface area (Å²) in [5.41, 5.74) is 6.68. The maximum absolute atomic E-state index is 11.1. The number of carboxylic acids is 1. The normalized spacial score (nSPS) is 20.9. The van der Waals surface area contributed by atoms with Crippen LogP contribution in [0.3, 0.4) is 0 Å². The number of hydrogen-bond acceptors (Lipinski definition) is 4. The van der Waals surface area contributed by atoms with Crippen LogP contribution in [0.25, 0.3) is 0 Å². The van der Waals surface area contributed by atoms with Gasteiger partial charge in [-0.3, -0.25) is 4.79 Å². The van der Waals surface area contributed by atoms with Crippen molar-refractivity contribution in [3.8, 4) is 0 Å². The molecule has 5 nitrogen and oxygen atoms in total. The fourth-order valence-corrected chi connectivity index (χ4v) is 1.74. The minimum Gasteiger partial charge on any atom is -0.481 e. The van der Waals surface area contributed by atoms with Crippen molar-refractivity contribution in [2.45, 2.75) is 32.7 Å². The molecule has 1 heterocycles. The maximum Gasteiger partial charge on any atom is 0.308 e. The van der Waals surface area contributed by atoms with Gasteiger partial charge < -0.3 is 16.2 Å². The fourth-order valence-electron chi connectivity index (χ4n) is 1.74. The molecule has 4 N–H and O–H groups in total. The Morgan fingerprint density at radius 1 is 1.75 bits per heavy atom. The molecule has 0 spiro atoms. The number of carboxylic acid groups (broad SMARTS) is 1. The topological polar surface area (TPSA) is 87.7 Å². The van der Waals surface area contributed by atoms with E-state index in [4.69, 9.17) is 10.8 Å². The number of nitrogens with one attached hydrogen (secondary N) is 1. The van der Waals surface area contributed by atoms with Crippen molar-refractivity contribution in [1.82, 2.24) is 5.32 Å². The van der Waals surface area contributed by atoms with Crippen molar-refractivity contribution in [3.05, 3.63) is 11.6 Å². The molecule has 0 radical (unpaired) electrons. The Morgan fingerprint density at radius 3 is 2.88 bits per heavy atom. The van der Waals surface area contributed by atoms with Crippen molar-refractivity contribution in [3.63, 3.8) is 0 Å². The number of carbonyl (C=O) groups is 1. The third-order valence-corrected chi connectivity index (χ3v) is 2.61. The molecule has 0 aromatic rings. The zero-order chi connectivity index (χ0) is 12.1. The highest BCUT2D eigenvalue weighted by atomic mass is 16.4. The summed E-state index contributed by atoms with van der Waals surface area (Å²) in [6.07, 6.45) is 3.42. The molecule has 0 saturated heterocycles. The predicted molar refractivity (Wildman–Crippen MR) is 63.2 cm³/mol. The van der Waals surface area contributed by atoms with E-state index < -0.39 is 11.9 Å². The summed E-state index contributed by atoms with van der Waals surface area (Å²) >= 11 is 0. The second-order valence-corrected chi connectivity index (χ2v) is 4.27. The van der Waals surface area contributed by atoms with Crippen LogP contribution in [0, 0.1) is 5.92 Å². The van der Waals surface area contributed by atoms with E-state index in [0.717, 1.165) is 6.42 Å². The molecular weight excluding hydrogens is 206 g/mol. The number of nitrogens with zero attached hydrogens (tertiary/aromatic N) is 1. The quantitative estimate of drug-likeness (QED) is 0.602. The Morgan fingerprint density at radius 2 is 2.44 bits per heavy atom. The number of aliphatic imine (C=N–C) groups is 1. The maximum atomic E-state index is 11.1. The van der Waals surface area contributed by atoms with Gasteiger partial charge in [-0.1, -0.05) is 11.6 Å². The number of aliphatic carboxylic acids is 1. The molecule has 16 heavy (non-hydrogen) atoms. The molecule has 0 aromatic heterocycles. The molecule has 0 unspecified atom stereocenters. The Hall–Kier alpha value is -1.52. The van der Waals surface area contributed by atoms with Gasteiger partial charge in [-0.05, 0) is 26.7 Å². The average molecular weight is 225 g/mol. The summed E-state index contributed by atoms with van der Waals surface area (Å²) in [4.78, 5) is 15.2. The third kappa shape index (κ3) is 3.56. The van der Waals surface area contributed by atoms with E-state index in [1.54, 1.807) is 0 Å². The van der Waals surface area contributed by atoms with Crippen molar-refractivity contribution in [2.75, 3.05) is 6.54 Å². The minimum absolute atomic E-state index is 0.233. The van der Waals surface area contributed by atoms with Crippen LogP contribution in [0.5, 0.6) is 0 Å². The average Bonchev–Trinajstić information content (AvgIpc) is 2.58. The molecule has 1 aliphatic rings. The van der Waals surface area contributed by atoms with Gasteiger partial charge in [-0.15, -0.1) is 0 Å². The van der Waals surface area contributed by atoms with Crippen molar-refractivity contribution in [2.24, 2.45) is 16.6 Å². The van der Waals surface area contributed by atoms with E-state index in [2.05, 4.69) is 10.3 Å². The number of hydrogen-bond donors (Lipinski definition) is 3. The molecule has 2 atom stereocenters. The first-order valence-electron chi connectivity index (χ1n) is 5.44. The Kier molecular flexibility index (Phi) is 4.34. The van der Waals surface area contributed by atoms with Crippen molar-refractivity contribution >= 4 is 11.9 Å².